The first-order valence-electron chi connectivity index (χ1n) is 10.2. The molecule has 0 heterocycles. The summed E-state index contributed by atoms with van der Waals surface area (Å²) in [5.41, 5.74) is 0.303. The number of hydrogen-bond donors (Lipinski definition) is 1. The van der Waals surface area contributed by atoms with E-state index in [1.54, 1.807) is 0 Å². The molecule has 0 amide bonds. The first-order chi connectivity index (χ1) is 11.4. The predicted molar refractivity (Wildman–Crippen MR) is 96.4 cm³/mol. The van der Waals surface area contributed by atoms with Crippen molar-refractivity contribution in [2.24, 2.45) is 40.4 Å². The lowest BCUT2D eigenvalue weighted by atomic mass is 9.44. The quantitative estimate of drug-likeness (QED) is 0.741. The van der Waals surface area contributed by atoms with Gasteiger partial charge in [-0.2, -0.15) is 0 Å². The van der Waals surface area contributed by atoms with E-state index in [1.807, 2.05) is 6.92 Å². The standard InChI is InChI=1S/C22H34O2/c1-4-15-6-8-20-18-7-5-16-13-17(24)9-11-21(16,3)19(18)10-12-22(15,20)14(2)23/h4,15-20,24H,1,5-13H2,2-3H3/t15-,16-,17+,18?,19?,20?,21-,22+/m0/s1. The van der Waals surface area contributed by atoms with E-state index in [1.165, 1.54) is 32.1 Å². The highest BCUT2D eigenvalue weighted by molar-refractivity contribution is 5.84. The second-order valence-electron chi connectivity index (χ2n) is 9.64. The Labute approximate surface area is 147 Å². The molecule has 0 aromatic rings. The van der Waals surface area contributed by atoms with E-state index < -0.39 is 0 Å². The van der Waals surface area contributed by atoms with Crippen molar-refractivity contribution in [2.75, 3.05) is 0 Å². The normalized spacial score (nSPS) is 53.6. The van der Waals surface area contributed by atoms with E-state index in [0.717, 1.165) is 37.5 Å². The maximum absolute atomic E-state index is 12.8. The molecule has 4 aliphatic carbocycles. The van der Waals surface area contributed by atoms with Crippen LogP contribution in [0.3, 0.4) is 0 Å². The number of allylic oxidation sites excluding steroid dienone is 1. The minimum Gasteiger partial charge on any atom is -0.393 e. The third kappa shape index (κ3) is 2.08. The molecule has 3 unspecified atom stereocenters. The largest absolute Gasteiger partial charge is 0.393 e. The number of Topliss-reactive ketones (excluding diaryl/α,β-unsaturated/α-hetero) is 1. The van der Waals surface area contributed by atoms with Gasteiger partial charge in [0.2, 0.25) is 0 Å². The summed E-state index contributed by atoms with van der Waals surface area (Å²) in [4.78, 5) is 12.8. The Kier molecular flexibility index (Phi) is 3.99. The Bertz CT molecular complexity index is 540. The van der Waals surface area contributed by atoms with Crippen LogP contribution in [0.25, 0.3) is 0 Å². The highest BCUT2D eigenvalue weighted by Crippen LogP contribution is 2.67. The number of carbonyl (C=O) groups is 1. The van der Waals surface area contributed by atoms with Gasteiger partial charge in [0, 0.05) is 5.41 Å². The monoisotopic (exact) mass is 330 g/mol. The highest BCUT2D eigenvalue weighted by atomic mass is 16.3. The average Bonchev–Trinajstić information content (AvgIpc) is 2.95. The van der Waals surface area contributed by atoms with Crippen LogP contribution in [0.1, 0.15) is 71.6 Å². The molecule has 4 fully saturated rings. The fraction of sp³-hybridized carbons (Fsp3) is 0.864. The summed E-state index contributed by atoms with van der Waals surface area (Å²) in [6, 6.07) is 0. The minimum atomic E-state index is -0.0969. The molecule has 0 saturated heterocycles. The fourth-order valence-electron chi connectivity index (χ4n) is 7.98. The van der Waals surface area contributed by atoms with E-state index >= 15 is 0 Å². The molecular formula is C22H34O2. The van der Waals surface area contributed by atoms with Crippen molar-refractivity contribution in [1.82, 2.24) is 0 Å². The molecule has 2 heteroatoms. The van der Waals surface area contributed by atoms with Gasteiger partial charge in [0.1, 0.15) is 5.78 Å². The van der Waals surface area contributed by atoms with Gasteiger partial charge >= 0.3 is 0 Å². The third-order valence-electron chi connectivity index (χ3n) is 9.16. The van der Waals surface area contributed by atoms with Crippen molar-refractivity contribution < 1.29 is 9.90 Å². The lowest BCUT2D eigenvalue weighted by molar-refractivity contribution is -0.151. The van der Waals surface area contributed by atoms with Crippen LogP contribution in [0, 0.1) is 40.4 Å². The lowest BCUT2D eigenvalue weighted by Crippen LogP contribution is -2.55. The number of aliphatic hydroxyl groups is 1. The number of fused-ring (bicyclic) bond motifs is 5. The minimum absolute atomic E-state index is 0.0730. The van der Waals surface area contributed by atoms with E-state index in [9.17, 15) is 9.90 Å². The molecule has 0 radical (unpaired) electrons. The topological polar surface area (TPSA) is 37.3 Å². The van der Waals surface area contributed by atoms with E-state index in [0.29, 0.717) is 29.0 Å². The van der Waals surface area contributed by atoms with Crippen LogP contribution in [-0.2, 0) is 4.79 Å². The maximum Gasteiger partial charge on any atom is 0.136 e. The number of carbonyl (C=O) groups excluding carboxylic acids is 1. The van der Waals surface area contributed by atoms with Crippen LogP contribution >= 0.6 is 0 Å². The fourth-order valence-corrected chi connectivity index (χ4v) is 7.98. The Morgan fingerprint density at radius 3 is 2.58 bits per heavy atom. The summed E-state index contributed by atoms with van der Waals surface area (Å²) in [7, 11) is 0. The molecule has 0 spiro atoms. The zero-order valence-electron chi connectivity index (χ0n) is 15.5. The second kappa shape index (κ2) is 5.69. The van der Waals surface area contributed by atoms with Crippen molar-refractivity contribution >= 4 is 5.78 Å². The van der Waals surface area contributed by atoms with Crippen molar-refractivity contribution in [2.45, 2.75) is 77.7 Å². The molecule has 0 aromatic heterocycles. The van der Waals surface area contributed by atoms with Crippen molar-refractivity contribution in [3.63, 3.8) is 0 Å². The third-order valence-corrected chi connectivity index (χ3v) is 9.16. The van der Waals surface area contributed by atoms with Gasteiger partial charge in [0.15, 0.2) is 0 Å². The summed E-state index contributed by atoms with van der Waals surface area (Å²) >= 11 is 0. The first-order valence-corrected chi connectivity index (χ1v) is 10.2. The molecule has 0 aliphatic heterocycles. The van der Waals surface area contributed by atoms with E-state index in [-0.39, 0.29) is 11.5 Å². The number of aliphatic hydroxyl groups excluding tert-OH is 1. The number of ketones is 1. The molecule has 134 valence electrons. The van der Waals surface area contributed by atoms with Crippen LogP contribution in [0.15, 0.2) is 12.7 Å². The predicted octanol–water partition coefficient (Wildman–Crippen LogP) is 4.76. The van der Waals surface area contributed by atoms with E-state index in [2.05, 4.69) is 19.6 Å². The molecule has 24 heavy (non-hydrogen) atoms. The molecule has 4 rings (SSSR count). The number of hydrogen-bond acceptors (Lipinski definition) is 2. The van der Waals surface area contributed by atoms with Gasteiger partial charge in [-0.25, -0.2) is 0 Å². The van der Waals surface area contributed by atoms with Crippen molar-refractivity contribution in [3.8, 4) is 0 Å². The van der Waals surface area contributed by atoms with Gasteiger partial charge in [-0.15, -0.1) is 6.58 Å². The molecule has 0 aromatic carbocycles. The average molecular weight is 331 g/mol. The summed E-state index contributed by atoms with van der Waals surface area (Å²) < 4.78 is 0. The maximum atomic E-state index is 12.8. The van der Waals surface area contributed by atoms with Gasteiger partial charge in [-0.3, -0.25) is 4.79 Å². The van der Waals surface area contributed by atoms with Crippen molar-refractivity contribution in [1.29, 1.82) is 0 Å². The van der Waals surface area contributed by atoms with Gasteiger partial charge in [0.05, 0.1) is 6.10 Å². The molecule has 0 bridgehead atoms. The summed E-state index contributed by atoms with van der Waals surface area (Å²) in [6.45, 7) is 8.43. The second-order valence-corrected chi connectivity index (χ2v) is 9.64. The molecule has 2 nitrogen and oxygen atoms in total. The highest BCUT2D eigenvalue weighted by Gasteiger charge is 2.62. The van der Waals surface area contributed by atoms with Gasteiger partial charge in [0.25, 0.3) is 0 Å². The van der Waals surface area contributed by atoms with Gasteiger partial charge in [-0.1, -0.05) is 13.0 Å². The molecule has 4 saturated carbocycles. The van der Waals surface area contributed by atoms with E-state index in [4.69, 9.17) is 0 Å². The zero-order valence-corrected chi connectivity index (χ0v) is 15.5. The van der Waals surface area contributed by atoms with Crippen LogP contribution in [0.4, 0.5) is 0 Å². The Hall–Kier alpha value is -0.630. The molecule has 1 N–H and O–H groups in total. The Morgan fingerprint density at radius 2 is 1.88 bits per heavy atom. The molecule has 4 aliphatic rings. The Balaban J connectivity index is 1.67. The van der Waals surface area contributed by atoms with Gasteiger partial charge in [-0.05, 0) is 99.7 Å². The first kappa shape index (κ1) is 16.8. The van der Waals surface area contributed by atoms with Gasteiger partial charge < -0.3 is 5.11 Å². The zero-order chi connectivity index (χ0) is 17.1. The van der Waals surface area contributed by atoms with Crippen LogP contribution in [0.2, 0.25) is 0 Å². The van der Waals surface area contributed by atoms with Crippen LogP contribution in [0.5, 0.6) is 0 Å². The van der Waals surface area contributed by atoms with Crippen molar-refractivity contribution in [3.05, 3.63) is 12.7 Å². The van der Waals surface area contributed by atoms with Crippen LogP contribution < -0.4 is 0 Å². The summed E-state index contributed by atoms with van der Waals surface area (Å²) in [5.74, 6) is 3.61. The summed E-state index contributed by atoms with van der Waals surface area (Å²) in [5, 5.41) is 10.1. The smallest absolute Gasteiger partial charge is 0.136 e. The number of rotatable bonds is 2. The SMILES string of the molecule is C=C[C@H]1CCC2C3CC[C@H]4C[C@H](O)CC[C@]4(C)C3CC[C@]21C(C)=O. The van der Waals surface area contributed by atoms with Crippen LogP contribution in [-0.4, -0.2) is 17.0 Å². The summed E-state index contributed by atoms with van der Waals surface area (Å²) in [6.07, 6.45) is 12.4. The Morgan fingerprint density at radius 1 is 1.08 bits per heavy atom. The molecular weight excluding hydrogens is 296 g/mol. The molecule has 8 atom stereocenters. The lowest BCUT2D eigenvalue weighted by Gasteiger charge is -2.60.